The first-order valence-electron chi connectivity index (χ1n) is 9.27. The van der Waals surface area contributed by atoms with Crippen molar-refractivity contribution in [2.45, 2.75) is 71.3 Å². The van der Waals surface area contributed by atoms with Crippen molar-refractivity contribution in [2.24, 2.45) is 0 Å². The summed E-state index contributed by atoms with van der Waals surface area (Å²) in [5.41, 5.74) is 1.37. The van der Waals surface area contributed by atoms with Gasteiger partial charge < -0.3 is 10.1 Å². The van der Waals surface area contributed by atoms with Crippen molar-refractivity contribution in [1.29, 1.82) is 0 Å². The smallest absolute Gasteiger partial charge is 0.110 e. The molecule has 0 atom stereocenters. The van der Waals surface area contributed by atoms with Gasteiger partial charge in [0, 0.05) is 13.0 Å². The van der Waals surface area contributed by atoms with E-state index in [4.69, 9.17) is 4.74 Å². The van der Waals surface area contributed by atoms with E-state index in [1.807, 2.05) is 6.92 Å². The number of ether oxygens (including phenoxy) is 1. The van der Waals surface area contributed by atoms with E-state index in [1.54, 1.807) is 0 Å². The quantitative estimate of drug-likeness (QED) is 0.395. The van der Waals surface area contributed by atoms with Crippen molar-refractivity contribution >= 4 is 0 Å². The Morgan fingerprint density at radius 3 is 2.22 bits per heavy atom. The fourth-order valence-electron chi connectivity index (χ4n) is 2.53. The second-order valence-corrected chi connectivity index (χ2v) is 5.95. The molecule has 0 aliphatic rings. The van der Waals surface area contributed by atoms with Crippen LogP contribution in [0.5, 0.6) is 0 Å². The fourth-order valence-corrected chi connectivity index (χ4v) is 2.53. The molecular formula is C21H33NO. The van der Waals surface area contributed by atoms with Crippen LogP contribution in [0.1, 0.15) is 70.3 Å². The molecule has 2 heteroatoms. The van der Waals surface area contributed by atoms with Crippen LogP contribution in [0, 0.1) is 12.0 Å². The molecule has 23 heavy (non-hydrogen) atoms. The van der Waals surface area contributed by atoms with Crippen molar-refractivity contribution < 1.29 is 4.74 Å². The number of nitrogens with one attached hydrogen (secondary N) is 1. The number of unbranched alkanes of at least 4 members (excludes halogenated alkanes) is 8. The maximum atomic E-state index is 4.99. The summed E-state index contributed by atoms with van der Waals surface area (Å²) in [4.78, 5) is 0. The fraction of sp³-hybridized carbons (Fsp3) is 0.619. The van der Waals surface area contributed by atoms with Crippen LogP contribution < -0.4 is 5.32 Å². The molecule has 0 aromatic heterocycles. The molecule has 0 bridgehead atoms. The van der Waals surface area contributed by atoms with Gasteiger partial charge in [0.15, 0.2) is 0 Å². The van der Waals surface area contributed by atoms with Crippen molar-refractivity contribution in [2.75, 3.05) is 13.2 Å². The number of rotatable bonds is 13. The summed E-state index contributed by atoms with van der Waals surface area (Å²) in [6.45, 7) is 4.78. The minimum atomic E-state index is 0.689. The molecule has 0 amide bonds. The Morgan fingerprint density at radius 2 is 1.52 bits per heavy atom. The minimum absolute atomic E-state index is 0.689. The van der Waals surface area contributed by atoms with Crippen LogP contribution in [0.2, 0.25) is 0 Å². The highest BCUT2D eigenvalue weighted by Crippen LogP contribution is 2.09. The van der Waals surface area contributed by atoms with E-state index in [0.29, 0.717) is 6.61 Å². The molecule has 0 radical (unpaired) electrons. The molecule has 1 aromatic carbocycles. The Balaban J connectivity index is 1.76. The van der Waals surface area contributed by atoms with Crippen molar-refractivity contribution in [1.82, 2.24) is 5.32 Å². The summed E-state index contributed by atoms with van der Waals surface area (Å²) < 4.78 is 4.99. The van der Waals surface area contributed by atoms with Gasteiger partial charge in [-0.25, -0.2) is 0 Å². The van der Waals surface area contributed by atoms with E-state index in [-0.39, 0.29) is 0 Å². The Kier molecular flexibility index (Phi) is 13.1. The van der Waals surface area contributed by atoms with E-state index in [0.717, 1.165) is 19.5 Å². The lowest BCUT2D eigenvalue weighted by atomic mass is 10.1. The van der Waals surface area contributed by atoms with Gasteiger partial charge in [-0.05, 0) is 31.9 Å². The lowest BCUT2D eigenvalue weighted by Gasteiger charge is -2.05. The predicted octanol–water partition coefficient (Wildman–Crippen LogP) is 5.28. The molecule has 1 N–H and O–H groups in total. The third kappa shape index (κ3) is 12.7. The van der Waals surface area contributed by atoms with Gasteiger partial charge in [-0.2, -0.15) is 0 Å². The molecule has 0 saturated heterocycles. The highest BCUT2D eigenvalue weighted by atomic mass is 16.5. The SMILES string of the molecule is CCOC#CCCCCCCCCCCNCc1ccccc1. The van der Waals surface area contributed by atoms with Gasteiger partial charge >= 0.3 is 0 Å². The van der Waals surface area contributed by atoms with Crippen LogP contribution in [0.3, 0.4) is 0 Å². The molecule has 2 nitrogen and oxygen atoms in total. The Bertz CT molecular complexity index is 418. The summed E-state index contributed by atoms with van der Waals surface area (Å²) >= 11 is 0. The lowest BCUT2D eigenvalue weighted by Crippen LogP contribution is -2.14. The van der Waals surface area contributed by atoms with E-state index in [1.165, 1.54) is 56.9 Å². The summed E-state index contributed by atoms with van der Waals surface area (Å²) in [5.74, 6) is 3.05. The highest BCUT2D eigenvalue weighted by Gasteiger charge is 1.93. The van der Waals surface area contributed by atoms with E-state index >= 15 is 0 Å². The molecular weight excluding hydrogens is 282 g/mol. The monoisotopic (exact) mass is 315 g/mol. The third-order valence-electron chi connectivity index (χ3n) is 3.87. The average Bonchev–Trinajstić information content (AvgIpc) is 2.59. The first kappa shape index (κ1) is 19.6. The van der Waals surface area contributed by atoms with Crippen molar-refractivity contribution in [3.05, 3.63) is 35.9 Å². The third-order valence-corrected chi connectivity index (χ3v) is 3.87. The summed E-state index contributed by atoms with van der Waals surface area (Å²) in [6, 6.07) is 10.6. The molecule has 0 saturated carbocycles. The molecule has 0 heterocycles. The molecule has 1 aromatic rings. The first-order valence-corrected chi connectivity index (χ1v) is 9.27. The van der Waals surface area contributed by atoms with Crippen LogP contribution in [0.25, 0.3) is 0 Å². The van der Waals surface area contributed by atoms with Crippen LogP contribution in [-0.2, 0) is 11.3 Å². The van der Waals surface area contributed by atoms with Gasteiger partial charge in [0.1, 0.15) is 6.11 Å². The van der Waals surface area contributed by atoms with Crippen LogP contribution >= 0.6 is 0 Å². The number of hydrogen-bond acceptors (Lipinski definition) is 2. The van der Waals surface area contributed by atoms with E-state index in [2.05, 4.69) is 47.7 Å². The molecule has 0 fully saturated rings. The van der Waals surface area contributed by atoms with E-state index < -0.39 is 0 Å². The zero-order valence-corrected chi connectivity index (χ0v) is 14.8. The van der Waals surface area contributed by atoms with Crippen LogP contribution in [-0.4, -0.2) is 13.2 Å². The van der Waals surface area contributed by atoms with E-state index in [9.17, 15) is 0 Å². The second kappa shape index (κ2) is 15.4. The van der Waals surface area contributed by atoms with Gasteiger partial charge in [0.05, 0.1) is 6.61 Å². The second-order valence-electron chi connectivity index (χ2n) is 5.95. The predicted molar refractivity (Wildman–Crippen MR) is 99.1 cm³/mol. The normalized spacial score (nSPS) is 10.1. The largest absolute Gasteiger partial charge is 0.447 e. The molecule has 1 rings (SSSR count). The van der Waals surface area contributed by atoms with Crippen molar-refractivity contribution in [3.63, 3.8) is 0 Å². The zero-order valence-electron chi connectivity index (χ0n) is 14.8. The molecule has 0 unspecified atom stereocenters. The van der Waals surface area contributed by atoms with Crippen LogP contribution in [0.15, 0.2) is 30.3 Å². The molecule has 0 spiro atoms. The average molecular weight is 316 g/mol. The lowest BCUT2D eigenvalue weighted by molar-refractivity contribution is 0.298. The zero-order chi connectivity index (χ0) is 16.4. The van der Waals surface area contributed by atoms with Gasteiger partial charge in [-0.1, -0.05) is 74.8 Å². The number of hydrogen-bond donors (Lipinski definition) is 1. The standard InChI is InChI=1S/C21H33NO/c1-2-23-19-15-10-8-6-4-3-5-7-9-14-18-22-20-21-16-12-11-13-17-21/h11-13,16-17,22H,2-10,14,18,20H2,1H3. The molecule has 0 aliphatic carbocycles. The topological polar surface area (TPSA) is 21.3 Å². The Morgan fingerprint density at radius 1 is 0.870 bits per heavy atom. The highest BCUT2D eigenvalue weighted by molar-refractivity contribution is 5.14. The van der Waals surface area contributed by atoms with Gasteiger partial charge in [0.25, 0.3) is 0 Å². The van der Waals surface area contributed by atoms with Gasteiger partial charge in [0.2, 0.25) is 0 Å². The van der Waals surface area contributed by atoms with Gasteiger partial charge in [-0.15, -0.1) is 0 Å². The Labute approximate surface area is 143 Å². The molecule has 128 valence electrons. The van der Waals surface area contributed by atoms with Crippen LogP contribution in [0.4, 0.5) is 0 Å². The summed E-state index contributed by atoms with van der Waals surface area (Å²) in [6.07, 6.45) is 14.3. The van der Waals surface area contributed by atoms with Crippen molar-refractivity contribution in [3.8, 4) is 12.0 Å². The maximum absolute atomic E-state index is 4.99. The first-order chi connectivity index (χ1) is 11.4. The minimum Gasteiger partial charge on any atom is -0.447 e. The maximum Gasteiger partial charge on any atom is 0.110 e. The van der Waals surface area contributed by atoms with Gasteiger partial charge in [-0.3, -0.25) is 0 Å². The molecule has 0 aliphatic heterocycles. The Hall–Kier alpha value is -1.46. The number of benzene rings is 1. The summed E-state index contributed by atoms with van der Waals surface area (Å²) in [5, 5.41) is 3.52. The summed E-state index contributed by atoms with van der Waals surface area (Å²) in [7, 11) is 0.